The van der Waals surface area contributed by atoms with Gasteiger partial charge in [0.2, 0.25) is 0 Å². The van der Waals surface area contributed by atoms with Gasteiger partial charge in [-0.1, -0.05) is 0 Å². The molecule has 11 heavy (non-hydrogen) atoms. The second-order valence-corrected chi connectivity index (χ2v) is 3.78. The third kappa shape index (κ3) is 1.38. The van der Waals surface area contributed by atoms with Gasteiger partial charge in [0.1, 0.15) is 10.9 Å². The fourth-order valence-electron chi connectivity index (χ4n) is 1.20. The van der Waals surface area contributed by atoms with E-state index in [1.54, 1.807) is 0 Å². The van der Waals surface area contributed by atoms with Crippen LogP contribution in [-0.2, 0) is 6.42 Å². The number of nitrogens with zero attached hydrogens (tertiary/aromatic N) is 2. The van der Waals surface area contributed by atoms with Crippen LogP contribution in [0.2, 0.25) is 0 Å². The molecule has 0 bridgehead atoms. The van der Waals surface area contributed by atoms with E-state index in [-0.39, 0.29) is 0 Å². The fourth-order valence-corrected chi connectivity index (χ4v) is 2.22. The molecule has 2 heterocycles. The van der Waals surface area contributed by atoms with Crippen LogP contribution < -0.4 is 0 Å². The average molecular weight is 166 g/mol. The van der Waals surface area contributed by atoms with Crippen LogP contribution in [0, 0.1) is 6.92 Å². The summed E-state index contributed by atoms with van der Waals surface area (Å²) in [6.07, 6.45) is 4.39. The van der Waals surface area contributed by atoms with Gasteiger partial charge in [-0.05, 0) is 25.5 Å². The summed E-state index contributed by atoms with van der Waals surface area (Å²) in [5, 5.41) is 1.20. The van der Waals surface area contributed by atoms with Crippen molar-refractivity contribution in [2.45, 2.75) is 24.8 Å². The van der Waals surface area contributed by atoms with E-state index in [1.165, 1.54) is 22.8 Å². The molecule has 0 spiro atoms. The number of aryl methyl sites for hydroxylation is 2. The summed E-state index contributed by atoms with van der Waals surface area (Å²) in [6, 6.07) is 0. The van der Waals surface area contributed by atoms with E-state index in [1.807, 2.05) is 24.9 Å². The third-order valence-corrected chi connectivity index (χ3v) is 2.89. The predicted molar refractivity (Wildman–Crippen MR) is 45.8 cm³/mol. The van der Waals surface area contributed by atoms with Gasteiger partial charge in [-0.3, -0.25) is 0 Å². The molecule has 0 amide bonds. The quantitative estimate of drug-likeness (QED) is 0.550. The Morgan fingerprint density at radius 1 is 1.55 bits per heavy atom. The number of rotatable bonds is 0. The molecule has 1 aromatic rings. The molecule has 1 aromatic heterocycles. The lowest BCUT2D eigenvalue weighted by Crippen LogP contribution is -2.02. The predicted octanol–water partition coefficient (Wildman–Crippen LogP) is 1.82. The second kappa shape index (κ2) is 2.81. The number of hydrogen-bond acceptors (Lipinski definition) is 3. The lowest BCUT2D eigenvalue weighted by molar-refractivity contribution is 0.821. The van der Waals surface area contributed by atoms with E-state index in [2.05, 4.69) is 9.97 Å². The molecule has 0 radical (unpaired) electrons. The Balaban J connectivity index is 2.43. The molecule has 58 valence electrons. The van der Waals surface area contributed by atoms with Crippen molar-refractivity contribution < 1.29 is 0 Å². The van der Waals surface area contributed by atoms with E-state index in [0.717, 1.165) is 12.2 Å². The molecule has 0 aromatic carbocycles. The zero-order chi connectivity index (χ0) is 7.68. The fraction of sp³-hybridized carbons (Fsp3) is 0.500. The van der Waals surface area contributed by atoms with Gasteiger partial charge in [0.15, 0.2) is 0 Å². The van der Waals surface area contributed by atoms with Crippen LogP contribution in [0.25, 0.3) is 0 Å². The van der Waals surface area contributed by atoms with E-state index in [4.69, 9.17) is 0 Å². The van der Waals surface area contributed by atoms with Gasteiger partial charge in [0.05, 0.1) is 0 Å². The SMILES string of the molecule is Cc1ncc2c(n1)SCCC2. The van der Waals surface area contributed by atoms with Crippen molar-refractivity contribution in [1.29, 1.82) is 0 Å². The maximum atomic E-state index is 4.37. The van der Waals surface area contributed by atoms with Gasteiger partial charge in [-0.15, -0.1) is 11.8 Å². The molecule has 0 fully saturated rings. The first-order chi connectivity index (χ1) is 5.36. The lowest BCUT2D eigenvalue weighted by Gasteiger charge is -2.12. The largest absolute Gasteiger partial charge is 0.241 e. The molecule has 0 N–H and O–H groups in total. The minimum absolute atomic E-state index is 0.887. The highest BCUT2D eigenvalue weighted by Gasteiger charge is 2.10. The molecular weight excluding hydrogens is 156 g/mol. The van der Waals surface area contributed by atoms with Gasteiger partial charge < -0.3 is 0 Å². The van der Waals surface area contributed by atoms with Gasteiger partial charge in [-0.2, -0.15) is 0 Å². The zero-order valence-corrected chi connectivity index (χ0v) is 7.32. The van der Waals surface area contributed by atoms with Gasteiger partial charge in [0, 0.05) is 11.8 Å². The minimum Gasteiger partial charge on any atom is -0.241 e. The summed E-state index contributed by atoms with van der Waals surface area (Å²) in [5.74, 6) is 2.10. The second-order valence-electron chi connectivity index (χ2n) is 2.70. The number of hydrogen-bond donors (Lipinski definition) is 0. The third-order valence-electron chi connectivity index (χ3n) is 1.77. The molecule has 3 heteroatoms. The first kappa shape index (κ1) is 7.10. The highest BCUT2D eigenvalue weighted by Crippen LogP contribution is 2.26. The highest BCUT2D eigenvalue weighted by molar-refractivity contribution is 7.99. The highest BCUT2D eigenvalue weighted by atomic mass is 32.2. The molecule has 1 aliphatic heterocycles. The van der Waals surface area contributed by atoms with Crippen LogP contribution in [0.1, 0.15) is 17.8 Å². The monoisotopic (exact) mass is 166 g/mol. The van der Waals surface area contributed by atoms with E-state index in [0.29, 0.717) is 0 Å². The molecule has 0 aliphatic carbocycles. The zero-order valence-electron chi connectivity index (χ0n) is 6.50. The van der Waals surface area contributed by atoms with Crippen LogP contribution >= 0.6 is 11.8 Å². The minimum atomic E-state index is 0.887. The molecule has 1 aliphatic rings. The van der Waals surface area contributed by atoms with Crippen molar-refractivity contribution in [3.05, 3.63) is 17.6 Å². The van der Waals surface area contributed by atoms with Crippen LogP contribution in [0.4, 0.5) is 0 Å². The Kier molecular flexibility index (Phi) is 1.82. The van der Waals surface area contributed by atoms with Gasteiger partial charge in [-0.25, -0.2) is 9.97 Å². The van der Waals surface area contributed by atoms with Gasteiger partial charge in [0.25, 0.3) is 0 Å². The molecule has 0 atom stereocenters. The number of fused-ring (bicyclic) bond motifs is 1. The van der Waals surface area contributed by atoms with Crippen LogP contribution in [0.15, 0.2) is 11.2 Å². The molecule has 0 unspecified atom stereocenters. The van der Waals surface area contributed by atoms with E-state index < -0.39 is 0 Å². The topological polar surface area (TPSA) is 25.8 Å². The molecule has 0 saturated carbocycles. The Labute approximate surface area is 70.4 Å². The van der Waals surface area contributed by atoms with Crippen LogP contribution in [0.5, 0.6) is 0 Å². The Morgan fingerprint density at radius 2 is 2.45 bits per heavy atom. The maximum absolute atomic E-state index is 4.37. The van der Waals surface area contributed by atoms with Crippen molar-refractivity contribution in [2.75, 3.05) is 5.75 Å². The molecule has 2 rings (SSSR count). The number of thioether (sulfide) groups is 1. The van der Waals surface area contributed by atoms with Crippen molar-refractivity contribution in [2.24, 2.45) is 0 Å². The Hall–Kier alpha value is -0.570. The standard InChI is InChI=1S/C8H10N2S/c1-6-9-5-7-3-2-4-11-8(7)10-6/h5H,2-4H2,1H3. The van der Waals surface area contributed by atoms with Crippen molar-refractivity contribution >= 4 is 11.8 Å². The lowest BCUT2D eigenvalue weighted by atomic mass is 10.2. The summed E-state index contributed by atoms with van der Waals surface area (Å²) < 4.78 is 0. The van der Waals surface area contributed by atoms with Crippen molar-refractivity contribution in [1.82, 2.24) is 9.97 Å². The smallest absolute Gasteiger partial charge is 0.126 e. The maximum Gasteiger partial charge on any atom is 0.126 e. The average Bonchev–Trinajstić information content (AvgIpc) is 2.04. The van der Waals surface area contributed by atoms with Crippen LogP contribution in [-0.4, -0.2) is 15.7 Å². The van der Waals surface area contributed by atoms with Crippen molar-refractivity contribution in [3.63, 3.8) is 0 Å². The first-order valence-electron chi connectivity index (χ1n) is 3.81. The van der Waals surface area contributed by atoms with Crippen LogP contribution in [0.3, 0.4) is 0 Å². The Morgan fingerprint density at radius 3 is 3.36 bits per heavy atom. The molecule has 0 saturated heterocycles. The first-order valence-corrected chi connectivity index (χ1v) is 4.80. The summed E-state index contributed by atoms with van der Waals surface area (Å²) in [4.78, 5) is 8.53. The number of aromatic nitrogens is 2. The Bertz CT molecular complexity index is 273. The van der Waals surface area contributed by atoms with Gasteiger partial charge >= 0.3 is 0 Å². The van der Waals surface area contributed by atoms with E-state index in [9.17, 15) is 0 Å². The summed E-state index contributed by atoms with van der Waals surface area (Å²) in [7, 11) is 0. The van der Waals surface area contributed by atoms with E-state index >= 15 is 0 Å². The molecular formula is C8H10N2S. The summed E-state index contributed by atoms with van der Waals surface area (Å²) >= 11 is 1.85. The normalized spacial score (nSPS) is 16.1. The summed E-state index contributed by atoms with van der Waals surface area (Å²) in [5.41, 5.74) is 1.33. The van der Waals surface area contributed by atoms with Crippen molar-refractivity contribution in [3.8, 4) is 0 Å². The summed E-state index contributed by atoms with van der Waals surface area (Å²) in [6.45, 7) is 1.94. The molecule has 2 nitrogen and oxygen atoms in total.